The van der Waals surface area contributed by atoms with E-state index in [1.54, 1.807) is 0 Å². The standard InChI is InChI=1S/C13H21N3O2S/c14-10-12-6-8-16(9-7-12)19(17,18)15-11-13-4-2-1-3-5-13/h1-5,12,15H,6-11,14H2. The zero-order valence-corrected chi connectivity index (χ0v) is 11.8. The largest absolute Gasteiger partial charge is 0.330 e. The molecule has 0 aliphatic carbocycles. The highest BCUT2D eigenvalue weighted by Crippen LogP contribution is 2.17. The Hall–Kier alpha value is -0.950. The summed E-state index contributed by atoms with van der Waals surface area (Å²) in [5, 5.41) is 0. The van der Waals surface area contributed by atoms with Gasteiger partial charge in [-0.3, -0.25) is 0 Å². The average Bonchev–Trinajstić information content (AvgIpc) is 2.46. The lowest BCUT2D eigenvalue weighted by Crippen LogP contribution is -2.45. The van der Waals surface area contributed by atoms with E-state index in [9.17, 15) is 8.42 Å². The van der Waals surface area contributed by atoms with E-state index in [1.807, 2.05) is 30.3 Å². The van der Waals surface area contributed by atoms with Crippen LogP contribution in [0.3, 0.4) is 0 Å². The van der Waals surface area contributed by atoms with Crippen molar-refractivity contribution >= 4 is 10.2 Å². The summed E-state index contributed by atoms with van der Waals surface area (Å²) in [5.74, 6) is 0.459. The first-order valence-electron chi connectivity index (χ1n) is 6.60. The van der Waals surface area contributed by atoms with Crippen LogP contribution in [0.1, 0.15) is 18.4 Å². The van der Waals surface area contributed by atoms with Crippen LogP contribution >= 0.6 is 0 Å². The fraction of sp³-hybridized carbons (Fsp3) is 0.538. The van der Waals surface area contributed by atoms with Gasteiger partial charge in [0, 0.05) is 19.6 Å². The summed E-state index contributed by atoms with van der Waals surface area (Å²) in [6, 6.07) is 9.52. The van der Waals surface area contributed by atoms with E-state index in [2.05, 4.69) is 4.72 Å². The quantitative estimate of drug-likeness (QED) is 0.835. The molecule has 5 nitrogen and oxygen atoms in total. The van der Waals surface area contributed by atoms with Crippen molar-refractivity contribution in [1.82, 2.24) is 9.03 Å². The van der Waals surface area contributed by atoms with Crippen LogP contribution in [0.4, 0.5) is 0 Å². The van der Waals surface area contributed by atoms with Gasteiger partial charge in [-0.1, -0.05) is 30.3 Å². The minimum atomic E-state index is -3.37. The van der Waals surface area contributed by atoms with Crippen molar-refractivity contribution in [1.29, 1.82) is 0 Å². The molecule has 1 aromatic rings. The zero-order chi connectivity index (χ0) is 13.7. The number of nitrogens with one attached hydrogen (secondary N) is 1. The Morgan fingerprint density at radius 2 is 1.84 bits per heavy atom. The molecule has 1 aliphatic heterocycles. The molecule has 1 saturated heterocycles. The summed E-state index contributed by atoms with van der Waals surface area (Å²) >= 11 is 0. The highest BCUT2D eigenvalue weighted by atomic mass is 32.2. The van der Waals surface area contributed by atoms with E-state index >= 15 is 0 Å². The number of hydrogen-bond donors (Lipinski definition) is 2. The molecule has 0 amide bonds. The normalized spacial score (nSPS) is 18.6. The Balaban J connectivity index is 1.89. The van der Waals surface area contributed by atoms with E-state index < -0.39 is 10.2 Å². The van der Waals surface area contributed by atoms with E-state index in [4.69, 9.17) is 5.73 Å². The van der Waals surface area contributed by atoms with Crippen molar-refractivity contribution in [3.8, 4) is 0 Å². The Morgan fingerprint density at radius 3 is 2.42 bits per heavy atom. The Bertz CT molecular complexity index is 482. The topological polar surface area (TPSA) is 75.4 Å². The van der Waals surface area contributed by atoms with Crippen LogP contribution in [-0.2, 0) is 16.8 Å². The lowest BCUT2D eigenvalue weighted by molar-refractivity contribution is 0.275. The van der Waals surface area contributed by atoms with Crippen molar-refractivity contribution in [2.75, 3.05) is 19.6 Å². The summed E-state index contributed by atoms with van der Waals surface area (Å²) in [7, 11) is -3.37. The Morgan fingerprint density at radius 1 is 1.21 bits per heavy atom. The molecular formula is C13H21N3O2S. The molecule has 1 fully saturated rings. The van der Waals surface area contributed by atoms with Gasteiger partial charge >= 0.3 is 0 Å². The second-order valence-electron chi connectivity index (χ2n) is 4.89. The smallest absolute Gasteiger partial charge is 0.279 e. The number of rotatable bonds is 5. The Kier molecular flexibility index (Phi) is 4.93. The first kappa shape index (κ1) is 14.5. The SMILES string of the molecule is NCC1CCN(S(=O)(=O)NCc2ccccc2)CC1. The minimum absolute atomic E-state index is 0.333. The summed E-state index contributed by atoms with van der Waals surface area (Å²) in [5.41, 5.74) is 6.57. The lowest BCUT2D eigenvalue weighted by Gasteiger charge is -2.30. The van der Waals surface area contributed by atoms with Crippen LogP contribution in [-0.4, -0.2) is 32.4 Å². The molecule has 0 bridgehead atoms. The molecule has 1 heterocycles. The maximum Gasteiger partial charge on any atom is 0.279 e. The van der Waals surface area contributed by atoms with Crippen molar-refractivity contribution in [2.24, 2.45) is 11.7 Å². The van der Waals surface area contributed by atoms with Crippen molar-refractivity contribution in [3.05, 3.63) is 35.9 Å². The number of nitrogens with zero attached hydrogens (tertiary/aromatic N) is 1. The average molecular weight is 283 g/mol. The van der Waals surface area contributed by atoms with Gasteiger partial charge in [0.2, 0.25) is 0 Å². The van der Waals surface area contributed by atoms with Crippen LogP contribution < -0.4 is 10.5 Å². The molecule has 0 aromatic heterocycles. The molecule has 2 rings (SSSR count). The van der Waals surface area contributed by atoms with Crippen LogP contribution in [0.15, 0.2) is 30.3 Å². The number of nitrogens with two attached hydrogens (primary N) is 1. The predicted molar refractivity (Wildman–Crippen MR) is 75.6 cm³/mol. The van der Waals surface area contributed by atoms with Gasteiger partial charge in [0.05, 0.1) is 0 Å². The molecule has 1 aliphatic rings. The van der Waals surface area contributed by atoms with E-state index in [0.29, 0.717) is 32.1 Å². The van der Waals surface area contributed by atoms with Gasteiger partial charge in [-0.25, -0.2) is 0 Å². The Labute approximate surface area is 115 Å². The number of piperidine rings is 1. The van der Waals surface area contributed by atoms with E-state index in [-0.39, 0.29) is 0 Å². The molecule has 3 N–H and O–H groups in total. The highest BCUT2D eigenvalue weighted by molar-refractivity contribution is 7.87. The molecule has 0 atom stereocenters. The van der Waals surface area contributed by atoms with Crippen molar-refractivity contribution in [2.45, 2.75) is 19.4 Å². The van der Waals surface area contributed by atoms with Gasteiger partial charge in [0.1, 0.15) is 0 Å². The van der Waals surface area contributed by atoms with Crippen LogP contribution in [0.2, 0.25) is 0 Å². The van der Waals surface area contributed by atoms with Crippen LogP contribution in [0.5, 0.6) is 0 Å². The fourth-order valence-electron chi connectivity index (χ4n) is 2.25. The van der Waals surface area contributed by atoms with Gasteiger partial charge in [0.15, 0.2) is 0 Å². The molecule has 6 heteroatoms. The molecule has 19 heavy (non-hydrogen) atoms. The van der Waals surface area contributed by atoms with Gasteiger partial charge in [-0.05, 0) is 30.9 Å². The summed E-state index contributed by atoms with van der Waals surface area (Å²) in [4.78, 5) is 0. The highest BCUT2D eigenvalue weighted by Gasteiger charge is 2.26. The maximum absolute atomic E-state index is 12.1. The maximum atomic E-state index is 12.1. The predicted octanol–water partition coefficient (Wildman–Crippen LogP) is 0.692. The van der Waals surface area contributed by atoms with E-state index in [1.165, 1.54) is 4.31 Å². The number of hydrogen-bond acceptors (Lipinski definition) is 3. The van der Waals surface area contributed by atoms with E-state index in [0.717, 1.165) is 18.4 Å². The molecule has 1 aromatic carbocycles. The van der Waals surface area contributed by atoms with Crippen LogP contribution in [0, 0.1) is 5.92 Å². The second-order valence-corrected chi connectivity index (χ2v) is 6.65. The van der Waals surface area contributed by atoms with Gasteiger partial charge in [-0.2, -0.15) is 17.4 Å². The summed E-state index contributed by atoms with van der Waals surface area (Å²) < 4.78 is 28.4. The van der Waals surface area contributed by atoms with Crippen molar-refractivity contribution in [3.63, 3.8) is 0 Å². The molecular weight excluding hydrogens is 262 g/mol. The van der Waals surface area contributed by atoms with Gasteiger partial charge in [0.25, 0.3) is 10.2 Å². The van der Waals surface area contributed by atoms with Gasteiger partial charge in [-0.15, -0.1) is 0 Å². The molecule has 0 unspecified atom stereocenters. The molecule has 0 radical (unpaired) electrons. The van der Waals surface area contributed by atoms with Crippen LogP contribution in [0.25, 0.3) is 0 Å². The molecule has 106 valence electrons. The third-order valence-electron chi connectivity index (χ3n) is 3.55. The summed E-state index contributed by atoms with van der Waals surface area (Å²) in [6.07, 6.45) is 1.70. The third kappa shape index (κ3) is 4.01. The second kappa shape index (κ2) is 6.47. The summed E-state index contributed by atoms with van der Waals surface area (Å²) in [6.45, 7) is 2.10. The molecule has 0 spiro atoms. The fourth-order valence-corrected chi connectivity index (χ4v) is 3.47. The lowest BCUT2D eigenvalue weighted by atomic mass is 9.99. The number of benzene rings is 1. The zero-order valence-electron chi connectivity index (χ0n) is 11.0. The third-order valence-corrected chi connectivity index (χ3v) is 5.10. The van der Waals surface area contributed by atoms with Crippen molar-refractivity contribution < 1.29 is 8.42 Å². The minimum Gasteiger partial charge on any atom is -0.330 e. The first-order valence-corrected chi connectivity index (χ1v) is 8.04. The van der Waals surface area contributed by atoms with Gasteiger partial charge < -0.3 is 5.73 Å². The molecule has 0 saturated carbocycles. The monoisotopic (exact) mass is 283 g/mol. The first-order chi connectivity index (χ1) is 9.12.